The van der Waals surface area contributed by atoms with Gasteiger partial charge >= 0.3 is 6.03 Å². The minimum Gasteiger partial charge on any atom is -0.375 e. The first-order valence-corrected chi connectivity index (χ1v) is 12.0. The maximum Gasteiger partial charge on any atom is 0.317 e. The van der Waals surface area contributed by atoms with E-state index in [1.165, 1.54) is 0 Å². The number of rotatable bonds is 5. The molecule has 0 saturated carbocycles. The van der Waals surface area contributed by atoms with Crippen LogP contribution in [-0.4, -0.2) is 90.7 Å². The Kier molecular flexibility index (Phi) is 8.02. The van der Waals surface area contributed by atoms with Crippen molar-refractivity contribution in [2.24, 2.45) is 11.8 Å². The minimum absolute atomic E-state index is 0.0268. The number of piperazine rings is 1. The Labute approximate surface area is 182 Å². The van der Waals surface area contributed by atoms with Gasteiger partial charge in [0.05, 0.1) is 5.60 Å². The number of urea groups is 1. The van der Waals surface area contributed by atoms with Crippen LogP contribution in [0.2, 0.25) is 0 Å². The molecule has 30 heavy (non-hydrogen) atoms. The molecule has 3 aliphatic rings. The fourth-order valence-corrected chi connectivity index (χ4v) is 5.18. The molecule has 3 amide bonds. The normalized spacial score (nSPS) is 25.2. The highest BCUT2D eigenvalue weighted by atomic mass is 16.5. The van der Waals surface area contributed by atoms with Crippen molar-refractivity contribution in [3.05, 3.63) is 0 Å². The van der Waals surface area contributed by atoms with E-state index >= 15 is 0 Å². The zero-order valence-corrected chi connectivity index (χ0v) is 19.5. The van der Waals surface area contributed by atoms with Gasteiger partial charge in [-0.1, -0.05) is 13.8 Å². The van der Waals surface area contributed by atoms with Crippen LogP contribution >= 0.6 is 0 Å². The zero-order chi connectivity index (χ0) is 21.7. The summed E-state index contributed by atoms with van der Waals surface area (Å²) in [5.41, 5.74) is -0.145. The van der Waals surface area contributed by atoms with Crippen LogP contribution < -0.4 is 5.32 Å². The standard InChI is InChI=1S/C23H42N4O3/c1-18(2)17-25-10-12-26(13-11-25)21(28)15-20-5-14-30-23(16-20)6-8-27(9-7-23)22(29)24-19(3)4/h18-20H,5-17H2,1-4H3,(H,24,29). The van der Waals surface area contributed by atoms with E-state index in [9.17, 15) is 9.59 Å². The summed E-state index contributed by atoms with van der Waals surface area (Å²) in [6.07, 6.45) is 4.31. The third-order valence-corrected chi connectivity index (χ3v) is 6.78. The van der Waals surface area contributed by atoms with E-state index in [4.69, 9.17) is 4.74 Å². The minimum atomic E-state index is -0.145. The lowest BCUT2D eigenvalue weighted by Crippen LogP contribution is -2.54. The van der Waals surface area contributed by atoms with E-state index in [1.807, 2.05) is 18.7 Å². The molecule has 0 aromatic carbocycles. The molecule has 3 aliphatic heterocycles. The first-order valence-electron chi connectivity index (χ1n) is 12.0. The van der Waals surface area contributed by atoms with Crippen LogP contribution in [0.15, 0.2) is 0 Å². The second-order valence-electron chi connectivity index (χ2n) is 10.3. The van der Waals surface area contributed by atoms with Crippen molar-refractivity contribution in [1.82, 2.24) is 20.0 Å². The molecule has 172 valence electrons. The maximum atomic E-state index is 12.9. The Morgan fingerprint density at radius 2 is 1.67 bits per heavy atom. The fraction of sp³-hybridized carbons (Fsp3) is 0.913. The number of amides is 3. The second kappa shape index (κ2) is 10.3. The molecule has 1 unspecified atom stereocenters. The lowest BCUT2D eigenvalue weighted by atomic mass is 9.78. The van der Waals surface area contributed by atoms with E-state index in [-0.39, 0.29) is 17.7 Å². The van der Waals surface area contributed by atoms with Gasteiger partial charge in [0.15, 0.2) is 0 Å². The van der Waals surface area contributed by atoms with Gasteiger partial charge in [-0.15, -0.1) is 0 Å². The van der Waals surface area contributed by atoms with Gasteiger partial charge in [0.2, 0.25) is 5.91 Å². The number of hydrogen-bond donors (Lipinski definition) is 1. The molecule has 3 fully saturated rings. The van der Waals surface area contributed by atoms with E-state index in [0.717, 1.165) is 78.1 Å². The van der Waals surface area contributed by atoms with Gasteiger partial charge in [-0.3, -0.25) is 9.69 Å². The quantitative estimate of drug-likeness (QED) is 0.740. The summed E-state index contributed by atoms with van der Waals surface area (Å²) in [4.78, 5) is 31.6. The number of carbonyl (C=O) groups excluding carboxylic acids is 2. The molecule has 1 spiro atoms. The first-order chi connectivity index (χ1) is 14.3. The third kappa shape index (κ3) is 6.33. The van der Waals surface area contributed by atoms with Crippen molar-refractivity contribution >= 4 is 11.9 Å². The van der Waals surface area contributed by atoms with Crippen LogP contribution in [0.3, 0.4) is 0 Å². The summed E-state index contributed by atoms with van der Waals surface area (Å²) in [6.45, 7) is 15.5. The van der Waals surface area contributed by atoms with Gasteiger partial charge in [-0.25, -0.2) is 4.79 Å². The molecule has 7 heteroatoms. The maximum absolute atomic E-state index is 12.9. The summed E-state index contributed by atoms with van der Waals surface area (Å²) in [7, 11) is 0. The molecular formula is C23H42N4O3. The van der Waals surface area contributed by atoms with Crippen molar-refractivity contribution in [3.63, 3.8) is 0 Å². The van der Waals surface area contributed by atoms with Gasteiger partial charge in [0.25, 0.3) is 0 Å². The Morgan fingerprint density at radius 3 is 2.27 bits per heavy atom. The summed E-state index contributed by atoms with van der Waals surface area (Å²) in [5.74, 6) is 1.39. The Morgan fingerprint density at radius 1 is 1.00 bits per heavy atom. The number of likely N-dealkylation sites (tertiary alicyclic amines) is 1. The molecule has 0 aromatic rings. The molecular weight excluding hydrogens is 380 g/mol. The molecule has 3 heterocycles. The number of hydrogen-bond acceptors (Lipinski definition) is 4. The SMILES string of the molecule is CC(C)CN1CCN(C(=O)CC2CCOC3(CCN(C(=O)NC(C)C)CC3)C2)CC1. The zero-order valence-electron chi connectivity index (χ0n) is 19.5. The molecule has 0 aliphatic carbocycles. The molecule has 3 rings (SSSR count). The highest BCUT2D eigenvalue weighted by Crippen LogP contribution is 2.39. The van der Waals surface area contributed by atoms with Gasteiger partial charge in [-0.2, -0.15) is 0 Å². The number of ether oxygens (including phenoxy) is 1. The van der Waals surface area contributed by atoms with Crippen molar-refractivity contribution in [3.8, 4) is 0 Å². The second-order valence-corrected chi connectivity index (χ2v) is 10.3. The monoisotopic (exact) mass is 422 g/mol. The predicted molar refractivity (Wildman–Crippen MR) is 118 cm³/mol. The van der Waals surface area contributed by atoms with Crippen molar-refractivity contribution in [2.45, 2.75) is 71.4 Å². The van der Waals surface area contributed by atoms with E-state index in [0.29, 0.717) is 24.2 Å². The number of piperidine rings is 1. The van der Waals surface area contributed by atoms with Gasteiger partial charge < -0.3 is 19.9 Å². The fourth-order valence-electron chi connectivity index (χ4n) is 5.18. The van der Waals surface area contributed by atoms with Crippen molar-refractivity contribution in [2.75, 3.05) is 52.4 Å². The summed E-state index contributed by atoms with van der Waals surface area (Å²) in [6, 6.07) is 0.181. The number of nitrogens with one attached hydrogen (secondary N) is 1. The Balaban J connectivity index is 1.44. The highest BCUT2D eigenvalue weighted by molar-refractivity contribution is 5.76. The van der Waals surface area contributed by atoms with E-state index in [1.54, 1.807) is 0 Å². The summed E-state index contributed by atoms with van der Waals surface area (Å²) in [5, 5.41) is 2.98. The highest BCUT2D eigenvalue weighted by Gasteiger charge is 2.42. The van der Waals surface area contributed by atoms with Crippen LogP contribution in [0, 0.1) is 11.8 Å². The van der Waals surface area contributed by atoms with Gasteiger partial charge in [0, 0.05) is 64.9 Å². The summed E-state index contributed by atoms with van der Waals surface area (Å²) >= 11 is 0. The Bertz CT molecular complexity index is 579. The number of nitrogens with zero attached hydrogens (tertiary/aromatic N) is 3. The number of carbonyl (C=O) groups is 2. The average Bonchev–Trinajstić information content (AvgIpc) is 2.68. The van der Waals surface area contributed by atoms with Crippen LogP contribution in [0.5, 0.6) is 0 Å². The van der Waals surface area contributed by atoms with Crippen molar-refractivity contribution in [1.29, 1.82) is 0 Å². The third-order valence-electron chi connectivity index (χ3n) is 6.78. The molecule has 1 atom stereocenters. The van der Waals surface area contributed by atoms with Crippen LogP contribution in [0.4, 0.5) is 4.79 Å². The van der Waals surface area contributed by atoms with Crippen molar-refractivity contribution < 1.29 is 14.3 Å². The van der Waals surface area contributed by atoms with Crippen LogP contribution in [0.25, 0.3) is 0 Å². The Hall–Kier alpha value is -1.34. The largest absolute Gasteiger partial charge is 0.375 e. The molecule has 0 bridgehead atoms. The lowest BCUT2D eigenvalue weighted by Gasteiger charge is -2.46. The smallest absolute Gasteiger partial charge is 0.317 e. The topological polar surface area (TPSA) is 65.1 Å². The van der Waals surface area contributed by atoms with E-state index < -0.39 is 0 Å². The molecule has 3 saturated heterocycles. The molecule has 7 nitrogen and oxygen atoms in total. The van der Waals surface area contributed by atoms with Crippen LogP contribution in [-0.2, 0) is 9.53 Å². The molecule has 0 aromatic heterocycles. The summed E-state index contributed by atoms with van der Waals surface area (Å²) < 4.78 is 6.23. The van der Waals surface area contributed by atoms with Gasteiger partial charge in [-0.05, 0) is 51.4 Å². The molecule has 0 radical (unpaired) electrons. The lowest BCUT2D eigenvalue weighted by molar-refractivity contribution is -0.142. The first kappa shape index (κ1) is 23.3. The molecule has 1 N–H and O–H groups in total. The average molecular weight is 423 g/mol. The van der Waals surface area contributed by atoms with Crippen LogP contribution in [0.1, 0.15) is 59.8 Å². The van der Waals surface area contributed by atoms with E-state index in [2.05, 4.69) is 29.0 Å². The van der Waals surface area contributed by atoms with Gasteiger partial charge in [0.1, 0.15) is 0 Å². The predicted octanol–water partition coefficient (Wildman–Crippen LogP) is 2.56.